The van der Waals surface area contributed by atoms with E-state index >= 15 is 0 Å². The molecule has 0 unspecified atom stereocenters. The van der Waals surface area contributed by atoms with E-state index in [0.29, 0.717) is 6.54 Å². The first-order valence-electron chi connectivity index (χ1n) is 4.87. The second kappa shape index (κ2) is 4.57. The van der Waals surface area contributed by atoms with Crippen molar-refractivity contribution in [3.8, 4) is 0 Å². The Morgan fingerprint density at radius 2 is 2.64 bits per heavy atom. The average molecular weight is 210 g/mol. The normalized spacial score (nSPS) is 21.0. The second-order valence-corrected chi connectivity index (χ2v) is 4.52. The molecule has 1 aliphatic rings. The summed E-state index contributed by atoms with van der Waals surface area (Å²) < 4.78 is 0. The molecule has 1 aromatic heterocycles. The van der Waals surface area contributed by atoms with Gasteiger partial charge in [0, 0.05) is 11.4 Å². The van der Waals surface area contributed by atoms with Gasteiger partial charge in [0.15, 0.2) is 0 Å². The van der Waals surface area contributed by atoms with Crippen LogP contribution in [0, 0.1) is 5.92 Å². The van der Waals surface area contributed by atoms with Crippen molar-refractivity contribution in [2.24, 2.45) is 5.92 Å². The minimum atomic E-state index is 0.176. The number of thiophene rings is 1. The van der Waals surface area contributed by atoms with E-state index in [0.717, 1.165) is 19.5 Å². The summed E-state index contributed by atoms with van der Waals surface area (Å²) in [5, 5.41) is 8.17. The van der Waals surface area contributed by atoms with Gasteiger partial charge in [-0.05, 0) is 24.4 Å². The van der Waals surface area contributed by atoms with Gasteiger partial charge in [0.1, 0.15) is 0 Å². The smallest absolute Gasteiger partial charge is 0.224 e. The molecule has 14 heavy (non-hydrogen) atoms. The molecule has 0 aliphatic carbocycles. The third-order valence-electron chi connectivity index (χ3n) is 2.45. The zero-order valence-corrected chi connectivity index (χ0v) is 8.77. The monoisotopic (exact) mass is 210 g/mol. The highest BCUT2D eigenvalue weighted by atomic mass is 32.1. The SMILES string of the molecule is O=C(NCc1cccs1)[C@H]1CCNC1. The minimum Gasteiger partial charge on any atom is -0.351 e. The maximum Gasteiger partial charge on any atom is 0.224 e. The van der Waals surface area contributed by atoms with Crippen LogP contribution in [0.25, 0.3) is 0 Å². The van der Waals surface area contributed by atoms with Gasteiger partial charge in [-0.15, -0.1) is 11.3 Å². The summed E-state index contributed by atoms with van der Waals surface area (Å²) in [6.07, 6.45) is 0.969. The third kappa shape index (κ3) is 2.33. The Bertz CT molecular complexity index is 291. The van der Waals surface area contributed by atoms with E-state index in [4.69, 9.17) is 0 Å². The van der Waals surface area contributed by atoms with Crippen molar-refractivity contribution in [2.75, 3.05) is 13.1 Å². The van der Waals surface area contributed by atoms with Crippen molar-refractivity contribution in [1.82, 2.24) is 10.6 Å². The molecule has 0 aromatic carbocycles. The van der Waals surface area contributed by atoms with Crippen LogP contribution in [-0.4, -0.2) is 19.0 Å². The number of hydrogen-bond donors (Lipinski definition) is 2. The highest BCUT2D eigenvalue weighted by molar-refractivity contribution is 7.09. The van der Waals surface area contributed by atoms with Crippen molar-refractivity contribution in [1.29, 1.82) is 0 Å². The van der Waals surface area contributed by atoms with Crippen LogP contribution in [-0.2, 0) is 11.3 Å². The third-order valence-corrected chi connectivity index (χ3v) is 3.32. The van der Waals surface area contributed by atoms with E-state index in [-0.39, 0.29) is 11.8 Å². The van der Waals surface area contributed by atoms with Gasteiger partial charge in [-0.2, -0.15) is 0 Å². The van der Waals surface area contributed by atoms with E-state index in [1.165, 1.54) is 4.88 Å². The molecule has 1 amide bonds. The van der Waals surface area contributed by atoms with Crippen molar-refractivity contribution >= 4 is 17.2 Å². The summed E-state index contributed by atoms with van der Waals surface area (Å²) in [6.45, 7) is 2.47. The fourth-order valence-corrected chi connectivity index (χ4v) is 2.25. The molecule has 0 radical (unpaired) electrons. The quantitative estimate of drug-likeness (QED) is 0.780. The Labute approximate surface area is 87.5 Å². The van der Waals surface area contributed by atoms with E-state index in [2.05, 4.69) is 10.6 Å². The zero-order valence-electron chi connectivity index (χ0n) is 7.95. The lowest BCUT2D eigenvalue weighted by atomic mass is 10.1. The minimum absolute atomic E-state index is 0.176. The topological polar surface area (TPSA) is 41.1 Å². The Morgan fingerprint density at radius 3 is 3.29 bits per heavy atom. The van der Waals surface area contributed by atoms with E-state index < -0.39 is 0 Å². The summed E-state index contributed by atoms with van der Waals surface area (Å²) in [6, 6.07) is 4.04. The average Bonchev–Trinajstić information content (AvgIpc) is 2.87. The van der Waals surface area contributed by atoms with Gasteiger partial charge >= 0.3 is 0 Å². The zero-order chi connectivity index (χ0) is 9.80. The van der Waals surface area contributed by atoms with Crippen LogP contribution < -0.4 is 10.6 Å². The van der Waals surface area contributed by atoms with Gasteiger partial charge in [0.2, 0.25) is 5.91 Å². The molecule has 2 heterocycles. The largest absolute Gasteiger partial charge is 0.351 e. The van der Waals surface area contributed by atoms with Crippen LogP contribution >= 0.6 is 11.3 Å². The van der Waals surface area contributed by atoms with Crippen LogP contribution in [0.2, 0.25) is 0 Å². The molecule has 0 saturated carbocycles. The van der Waals surface area contributed by atoms with Gasteiger partial charge in [0.25, 0.3) is 0 Å². The summed E-state index contributed by atoms with van der Waals surface area (Å²) >= 11 is 1.68. The molecule has 1 aliphatic heterocycles. The molecule has 1 saturated heterocycles. The molecular weight excluding hydrogens is 196 g/mol. The van der Waals surface area contributed by atoms with Crippen molar-refractivity contribution < 1.29 is 4.79 Å². The fourth-order valence-electron chi connectivity index (χ4n) is 1.61. The number of amides is 1. The maximum absolute atomic E-state index is 11.6. The Balaban J connectivity index is 1.77. The van der Waals surface area contributed by atoms with Gasteiger partial charge < -0.3 is 10.6 Å². The predicted octanol–water partition coefficient (Wildman–Crippen LogP) is 0.974. The Hall–Kier alpha value is -0.870. The van der Waals surface area contributed by atoms with E-state index in [1.54, 1.807) is 11.3 Å². The number of hydrogen-bond acceptors (Lipinski definition) is 3. The predicted molar refractivity (Wildman–Crippen MR) is 57.1 cm³/mol. The van der Waals surface area contributed by atoms with Crippen molar-refractivity contribution in [3.63, 3.8) is 0 Å². The number of carbonyl (C=O) groups is 1. The van der Waals surface area contributed by atoms with Gasteiger partial charge in [0.05, 0.1) is 12.5 Å². The highest BCUT2D eigenvalue weighted by Crippen LogP contribution is 2.10. The van der Waals surface area contributed by atoms with Crippen LogP contribution in [0.4, 0.5) is 0 Å². The lowest BCUT2D eigenvalue weighted by molar-refractivity contribution is -0.124. The number of nitrogens with one attached hydrogen (secondary N) is 2. The first-order valence-corrected chi connectivity index (χ1v) is 5.75. The molecule has 76 valence electrons. The summed E-state index contributed by atoms with van der Waals surface area (Å²) in [5.74, 6) is 0.360. The molecule has 0 bridgehead atoms. The maximum atomic E-state index is 11.6. The molecule has 4 heteroatoms. The summed E-state index contributed by atoms with van der Waals surface area (Å²) in [5.41, 5.74) is 0. The van der Waals surface area contributed by atoms with Crippen molar-refractivity contribution in [2.45, 2.75) is 13.0 Å². The lowest BCUT2D eigenvalue weighted by Crippen LogP contribution is -2.31. The van der Waals surface area contributed by atoms with E-state index in [9.17, 15) is 4.79 Å². The van der Waals surface area contributed by atoms with Crippen LogP contribution in [0.1, 0.15) is 11.3 Å². The van der Waals surface area contributed by atoms with Crippen LogP contribution in [0.15, 0.2) is 17.5 Å². The molecule has 1 atom stereocenters. The standard InChI is InChI=1S/C10H14N2OS/c13-10(8-3-4-11-6-8)12-7-9-2-1-5-14-9/h1-2,5,8,11H,3-4,6-7H2,(H,12,13)/t8-/m0/s1. The highest BCUT2D eigenvalue weighted by Gasteiger charge is 2.21. The lowest BCUT2D eigenvalue weighted by Gasteiger charge is -2.08. The first-order chi connectivity index (χ1) is 6.86. The molecule has 1 fully saturated rings. The summed E-state index contributed by atoms with van der Waals surface area (Å²) in [7, 11) is 0. The molecule has 1 aromatic rings. The molecule has 2 N–H and O–H groups in total. The van der Waals surface area contributed by atoms with Gasteiger partial charge in [-0.25, -0.2) is 0 Å². The van der Waals surface area contributed by atoms with Gasteiger partial charge in [-0.3, -0.25) is 4.79 Å². The van der Waals surface area contributed by atoms with Crippen LogP contribution in [0.3, 0.4) is 0 Å². The number of rotatable bonds is 3. The van der Waals surface area contributed by atoms with Crippen LogP contribution in [0.5, 0.6) is 0 Å². The second-order valence-electron chi connectivity index (χ2n) is 3.49. The molecule has 3 nitrogen and oxygen atoms in total. The molecule has 2 rings (SSSR count). The fraction of sp³-hybridized carbons (Fsp3) is 0.500. The molecule has 0 spiro atoms. The number of carbonyl (C=O) groups excluding carboxylic acids is 1. The Morgan fingerprint density at radius 1 is 1.71 bits per heavy atom. The summed E-state index contributed by atoms with van der Waals surface area (Å²) in [4.78, 5) is 12.8. The first kappa shape index (κ1) is 9.68. The van der Waals surface area contributed by atoms with E-state index in [1.807, 2.05) is 17.5 Å². The van der Waals surface area contributed by atoms with Gasteiger partial charge in [-0.1, -0.05) is 6.07 Å². The van der Waals surface area contributed by atoms with Crippen molar-refractivity contribution in [3.05, 3.63) is 22.4 Å². The molecular formula is C10H14N2OS. The Kier molecular flexibility index (Phi) is 3.16.